The molecule has 0 aliphatic rings. The highest BCUT2D eigenvalue weighted by Gasteiger charge is 2.19. The van der Waals surface area contributed by atoms with Crippen LogP contribution in [0.1, 0.15) is 48.0 Å². The van der Waals surface area contributed by atoms with Gasteiger partial charge in [-0.05, 0) is 32.1 Å². The van der Waals surface area contributed by atoms with Crippen LogP contribution in [0.3, 0.4) is 0 Å². The second-order valence-electron chi connectivity index (χ2n) is 5.40. The minimum absolute atomic E-state index is 0.152. The Morgan fingerprint density at radius 1 is 1.00 bits per heavy atom. The highest BCUT2D eigenvalue weighted by molar-refractivity contribution is 4.79. The SMILES string of the molecule is CC(C)CC(C)N=NC(C(C)C)C(C)NN. The fourth-order valence-corrected chi connectivity index (χ4v) is 1.83. The Kier molecular flexibility index (Phi) is 7.51. The van der Waals surface area contributed by atoms with E-state index in [1.54, 1.807) is 0 Å². The van der Waals surface area contributed by atoms with Gasteiger partial charge in [0, 0.05) is 6.04 Å². The first-order chi connectivity index (χ1) is 7.38. The number of nitrogens with one attached hydrogen (secondary N) is 1. The summed E-state index contributed by atoms with van der Waals surface area (Å²) in [6, 6.07) is 0.612. The van der Waals surface area contributed by atoms with Crippen molar-refractivity contribution in [3.05, 3.63) is 0 Å². The van der Waals surface area contributed by atoms with Crippen LogP contribution >= 0.6 is 0 Å². The third kappa shape index (κ3) is 6.18. The third-order valence-electron chi connectivity index (χ3n) is 2.67. The Balaban J connectivity index is 4.33. The topological polar surface area (TPSA) is 62.8 Å². The molecule has 0 heterocycles. The lowest BCUT2D eigenvalue weighted by atomic mass is 9.99. The molecule has 16 heavy (non-hydrogen) atoms. The molecule has 0 aromatic heterocycles. The molecule has 3 N–H and O–H groups in total. The van der Waals surface area contributed by atoms with E-state index in [9.17, 15) is 0 Å². The first-order valence-corrected chi connectivity index (χ1v) is 6.24. The molecule has 0 aliphatic heterocycles. The molecule has 0 aromatic carbocycles. The Labute approximate surface area is 100 Å². The van der Waals surface area contributed by atoms with Crippen molar-refractivity contribution in [2.45, 2.75) is 66.1 Å². The van der Waals surface area contributed by atoms with Gasteiger partial charge in [0.2, 0.25) is 0 Å². The number of hydrazine groups is 1. The van der Waals surface area contributed by atoms with Crippen molar-refractivity contribution in [1.29, 1.82) is 0 Å². The van der Waals surface area contributed by atoms with Crippen LogP contribution < -0.4 is 11.3 Å². The van der Waals surface area contributed by atoms with Crippen molar-refractivity contribution < 1.29 is 0 Å². The summed E-state index contributed by atoms with van der Waals surface area (Å²) < 4.78 is 0. The maximum Gasteiger partial charge on any atom is 0.0894 e. The summed E-state index contributed by atoms with van der Waals surface area (Å²) >= 11 is 0. The zero-order valence-electron chi connectivity index (χ0n) is 11.6. The van der Waals surface area contributed by atoms with Crippen LogP contribution in [0.25, 0.3) is 0 Å². The van der Waals surface area contributed by atoms with Gasteiger partial charge in [0.25, 0.3) is 0 Å². The van der Waals surface area contributed by atoms with E-state index >= 15 is 0 Å². The van der Waals surface area contributed by atoms with Gasteiger partial charge in [0.1, 0.15) is 0 Å². The second kappa shape index (κ2) is 7.74. The predicted octanol–water partition coefficient (Wildman–Crippen LogP) is 2.75. The van der Waals surface area contributed by atoms with Gasteiger partial charge < -0.3 is 0 Å². The Hall–Kier alpha value is -0.480. The molecule has 96 valence electrons. The van der Waals surface area contributed by atoms with E-state index in [0.29, 0.717) is 17.9 Å². The number of rotatable bonds is 7. The van der Waals surface area contributed by atoms with Crippen LogP contribution in [0.2, 0.25) is 0 Å². The molecule has 0 rings (SSSR count). The molecule has 4 heteroatoms. The molecule has 0 saturated carbocycles. The molecular formula is C12H28N4. The van der Waals surface area contributed by atoms with Crippen molar-refractivity contribution in [2.24, 2.45) is 27.9 Å². The molecule has 0 aromatic rings. The first-order valence-electron chi connectivity index (χ1n) is 6.24. The fourth-order valence-electron chi connectivity index (χ4n) is 1.83. The van der Waals surface area contributed by atoms with Crippen LogP contribution in [-0.4, -0.2) is 18.1 Å². The van der Waals surface area contributed by atoms with Crippen LogP contribution in [0.4, 0.5) is 0 Å². The maximum atomic E-state index is 5.45. The van der Waals surface area contributed by atoms with Crippen LogP contribution in [0, 0.1) is 11.8 Å². The highest BCUT2D eigenvalue weighted by Crippen LogP contribution is 2.14. The van der Waals surface area contributed by atoms with E-state index in [1.165, 1.54) is 0 Å². The fraction of sp³-hybridized carbons (Fsp3) is 1.00. The quantitative estimate of drug-likeness (QED) is 0.400. The number of hydrogen-bond donors (Lipinski definition) is 2. The Morgan fingerprint density at radius 2 is 1.56 bits per heavy atom. The van der Waals surface area contributed by atoms with E-state index in [2.05, 4.69) is 50.3 Å². The van der Waals surface area contributed by atoms with Gasteiger partial charge in [-0.1, -0.05) is 27.7 Å². The predicted molar refractivity (Wildman–Crippen MR) is 69.2 cm³/mol. The van der Waals surface area contributed by atoms with E-state index in [4.69, 9.17) is 5.84 Å². The summed E-state index contributed by atoms with van der Waals surface area (Å²) in [5.41, 5.74) is 2.76. The molecule has 0 radical (unpaired) electrons. The Morgan fingerprint density at radius 3 is 1.94 bits per heavy atom. The van der Waals surface area contributed by atoms with Gasteiger partial charge in [0.05, 0.1) is 12.1 Å². The molecule has 4 nitrogen and oxygen atoms in total. The molecule has 0 fully saturated rings. The number of nitrogens with two attached hydrogens (primary N) is 1. The van der Waals surface area contributed by atoms with E-state index < -0.39 is 0 Å². The molecule has 0 spiro atoms. The van der Waals surface area contributed by atoms with Crippen LogP contribution in [0.5, 0.6) is 0 Å². The van der Waals surface area contributed by atoms with Gasteiger partial charge in [-0.25, -0.2) is 0 Å². The lowest BCUT2D eigenvalue weighted by Crippen LogP contribution is -2.43. The second-order valence-corrected chi connectivity index (χ2v) is 5.40. The average molecular weight is 228 g/mol. The average Bonchev–Trinajstić information content (AvgIpc) is 2.15. The summed E-state index contributed by atoms with van der Waals surface area (Å²) in [6.07, 6.45) is 1.08. The number of nitrogens with zero attached hydrogens (tertiary/aromatic N) is 2. The summed E-state index contributed by atoms with van der Waals surface area (Å²) in [5, 5.41) is 8.81. The van der Waals surface area contributed by atoms with Crippen molar-refractivity contribution in [3.8, 4) is 0 Å². The van der Waals surface area contributed by atoms with E-state index in [0.717, 1.165) is 6.42 Å². The molecule has 0 amide bonds. The summed E-state index contributed by atoms with van der Waals surface area (Å²) in [5.74, 6) is 6.56. The van der Waals surface area contributed by atoms with Crippen molar-refractivity contribution in [2.75, 3.05) is 0 Å². The van der Waals surface area contributed by atoms with Crippen molar-refractivity contribution in [1.82, 2.24) is 5.43 Å². The van der Waals surface area contributed by atoms with Gasteiger partial charge in [-0.3, -0.25) is 11.3 Å². The molecule has 0 aliphatic carbocycles. The summed E-state index contributed by atoms with van der Waals surface area (Å²) in [6.45, 7) is 12.8. The summed E-state index contributed by atoms with van der Waals surface area (Å²) in [4.78, 5) is 0. The third-order valence-corrected chi connectivity index (χ3v) is 2.67. The zero-order valence-corrected chi connectivity index (χ0v) is 11.6. The normalized spacial score (nSPS) is 18.3. The molecule has 0 saturated heterocycles. The summed E-state index contributed by atoms with van der Waals surface area (Å²) in [7, 11) is 0. The molecular weight excluding hydrogens is 200 g/mol. The van der Waals surface area contributed by atoms with E-state index in [-0.39, 0.29) is 12.1 Å². The smallest absolute Gasteiger partial charge is 0.0894 e. The van der Waals surface area contributed by atoms with Crippen molar-refractivity contribution >= 4 is 0 Å². The Bertz CT molecular complexity index is 201. The minimum Gasteiger partial charge on any atom is -0.271 e. The first kappa shape index (κ1) is 15.5. The highest BCUT2D eigenvalue weighted by atomic mass is 15.3. The number of hydrogen-bond acceptors (Lipinski definition) is 4. The van der Waals surface area contributed by atoms with E-state index in [1.807, 2.05) is 6.92 Å². The van der Waals surface area contributed by atoms with Gasteiger partial charge in [0.15, 0.2) is 0 Å². The molecule has 3 unspecified atom stereocenters. The lowest BCUT2D eigenvalue weighted by molar-refractivity contribution is 0.361. The van der Waals surface area contributed by atoms with Crippen LogP contribution in [-0.2, 0) is 0 Å². The number of azo groups is 1. The zero-order chi connectivity index (χ0) is 12.7. The molecule has 3 atom stereocenters. The monoisotopic (exact) mass is 228 g/mol. The maximum absolute atomic E-state index is 5.45. The van der Waals surface area contributed by atoms with Gasteiger partial charge in [-0.2, -0.15) is 10.2 Å². The lowest BCUT2D eigenvalue weighted by Gasteiger charge is -2.22. The van der Waals surface area contributed by atoms with Gasteiger partial charge >= 0.3 is 0 Å². The van der Waals surface area contributed by atoms with Crippen molar-refractivity contribution in [3.63, 3.8) is 0 Å². The van der Waals surface area contributed by atoms with Crippen LogP contribution in [0.15, 0.2) is 10.2 Å². The largest absolute Gasteiger partial charge is 0.271 e. The van der Waals surface area contributed by atoms with Gasteiger partial charge in [-0.15, -0.1) is 0 Å². The molecule has 0 bridgehead atoms. The minimum atomic E-state index is 0.152. The standard InChI is InChI=1S/C12H28N4/c1-8(2)7-10(5)15-16-12(9(3)4)11(6)14-13/h8-12,14H,7,13H2,1-6H3.